The van der Waals surface area contributed by atoms with Gasteiger partial charge in [0.25, 0.3) is 0 Å². The molecule has 3 aliphatic rings. The topological polar surface area (TPSA) is 83.5 Å². The van der Waals surface area contributed by atoms with Crippen LogP contribution in [-0.4, -0.2) is 31.6 Å². The number of fused-ring (bicyclic) bond motifs is 2. The summed E-state index contributed by atoms with van der Waals surface area (Å²) in [7, 11) is 1.48. The van der Waals surface area contributed by atoms with E-state index in [1.54, 1.807) is 18.2 Å². The molecule has 27 heavy (non-hydrogen) atoms. The van der Waals surface area contributed by atoms with E-state index in [1.165, 1.54) is 7.11 Å². The summed E-state index contributed by atoms with van der Waals surface area (Å²) >= 11 is 0. The van der Waals surface area contributed by atoms with E-state index in [1.807, 2.05) is 18.2 Å². The lowest BCUT2D eigenvalue weighted by Gasteiger charge is -2.16. The first-order valence-corrected chi connectivity index (χ1v) is 8.74. The number of methoxy groups -OCH3 is 1. The van der Waals surface area contributed by atoms with Crippen molar-refractivity contribution in [3.63, 3.8) is 0 Å². The van der Waals surface area contributed by atoms with E-state index in [9.17, 15) is 9.90 Å². The Morgan fingerprint density at radius 3 is 2.67 bits per heavy atom. The zero-order valence-corrected chi connectivity index (χ0v) is 14.6. The molecule has 0 aliphatic carbocycles. The highest BCUT2D eigenvalue weighted by Gasteiger charge is 2.54. The summed E-state index contributed by atoms with van der Waals surface area (Å²) in [4.78, 5) is 12.6. The van der Waals surface area contributed by atoms with Crippen LogP contribution >= 0.6 is 0 Å². The predicted molar refractivity (Wildman–Crippen MR) is 91.7 cm³/mol. The van der Waals surface area contributed by atoms with Crippen molar-refractivity contribution >= 4 is 5.97 Å². The van der Waals surface area contributed by atoms with Crippen molar-refractivity contribution in [3.8, 4) is 23.0 Å². The maximum absolute atomic E-state index is 12.6. The summed E-state index contributed by atoms with van der Waals surface area (Å²) in [6, 6.07) is 10.6. The third kappa shape index (κ3) is 2.49. The molecule has 3 heterocycles. The second kappa shape index (κ2) is 6.06. The predicted octanol–water partition coefficient (Wildman–Crippen LogP) is 2.73. The zero-order chi connectivity index (χ0) is 18.5. The average molecular weight is 370 g/mol. The normalized spacial score (nSPS) is 28.1. The van der Waals surface area contributed by atoms with Gasteiger partial charge >= 0.3 is 5.97 Å². The SMILES string of the molecule is COc1cc([C@H]2OC[C@H]3[C@@H]2C(=O)O[C@@H]3c2ccc3c(c2)OCO3)ccc1O. The minimum atomic E-state index is -0.434. The average Bonchev–Trinajstić information content (AvgIpc) is 3.38. The Balaban J connectivity index is 1.44. The van der Waals surface area contributed by atoms with Gasteiger partial charge in [0.2, 0.25) is 6.79 Å². The number of ether oxygens (including phenoxy) is 5. The van der Waals surface area contributed by atoms with E-state index in [0.29, 0.717) is 23.9 Å². The van der Waals surface area contributed by atoms with Gasteiger partial charge in [-0.25, -0.2) is 0 Å². The van der Waals surface area contributed by atoms with Crippen LogP contribution in [0, 0.1) is 11.8 Å². The summed E-state index contributed by atoms with van der Waals surface area (Å²) in [6.07, 6.45) is -0.822. The van der Waals surface area contributed by atoms with Crippen LogP contribution in [0.15, 0.2) is 36.4 Å². The zero-order valence-electron chi connectivity index (χ0n) is 14.6. The van der Waals surface area contributed by atoms with Gasteiger partial charge in [0.15, 0.2) is 23.0 Å². The first kappa shape index (κ1) is 16.3. The molecule has 0 amide bonds. The maximum Gasteiger partial charge on any atom is 0.313 e. The summed E-state index contributed by atoms with van der Waals surface area (Å²) in [5, 5.41) is 9.81. The molecule has 2 fully saturated rings. The molecule has 0 saturated carbocycles. The Morgan fingerprint density at radius 1 is 1.04 bits per heavy atom. The van der Waals surface area contributed by atoms with Crippen molar-refractivity contribution in [1.29, 1.82) is 0 Å². The van der Waals surface area contributed by atoms with Crippen LogP contribution in [-0.2, 0) is 14.3 Å². The Labute approximate surface area is 155 Å². The molecule has 0 unspecified atom stereocenters. The number of cyclic esters (lactones) is 1. The third-order valence-corrected chi connectivity index (χ3v) is 5.42. The highest BCUT2D eigenvalue weighted by Crippen LogP contribution is 2.52. The molecule has 140 valence electrons. The molecule has 0 radical (unpaired) electrons. The van der Waals surface area contributed by atoms with E-state index in [2.05, 4.69) is 0 Å². The lowest BCUT2D eigenvalue weighted by Crippen LogP contribution is -2.17. The molecule has 2 aromatic rings. The van der Waals surface area contributed by atoms with E-state index >= 15 is 0 Å². The molecule has 4 atom stereocenters. The van der Waals surface area contributed by atoms with Crippen LogP contribution in [0.25, 0.3) is 0 Å². The monoisotopic (exact) mass is 370 g/mol. The van der Waals surface area contributed by atoms with Gasteiger partial charge < -0.3 is 28.8 Å². The maximum atomic E-state index is 12.6. The third-order valence-electron chi connectivity index (χ3n) is 5.42. The van der Waals surface area contributed by atoms with Crippen molar-refractivity contribution in [3.05, 3.63) is 47.5 Å². The molecule has 0 spiro atoms. The molecular weight excluding hydrogens is 352 g/mol. The molecule has 7 nitrogen and oxygen atoms in total. The standard InChI is InChI=1S/C20H18O7/c1-23-15-6-11(2-4-13(15)21)19-17-12(8-24-19)18(27-20(17)22)10-3-5-14-16(7-10)26-9-25-14/h2-7,12,17-19,21H,8-9H2,1H3/t12-,17-,18+,19+/m0/s1. The molecular formula is C20H18O7. The Bertz CT molecular complexity index is 900. The smallest absolute Gasteiger partial charge is 0.313 e. The minimum Gasteiger partial charge on any atom is -0.504 e. The first-order chi connectivity index (χ1) is 13.2. The molecule has 0 bridgehead atoms. The first-order valence-electron chi connectivity index (χ1n) is 8.74. The van der Waals surface area contributed by atoms with Crippen molar-refractivity contribution < 1.29 is 33.6 Å². The van der Waals surface area contributed by atoms with Gasteiger partial charge in [-0.3, -0.25) is 4.79 Å². The van der Waals surface area contributed by atoms with Gasteiger partial charge in [0.05, 0.1) is 25.7 Å². The van der Waals surface area contributed by atoms with E-state index in [-0.39, 0.29) is 30.5 Å². The molecule has 0 aromatic heterocycles. The second-order valence-electron chi connectivity index (χ2n) is 6.85. The fourth-order valence-electron chi connectivity index (χ4n) is 4.09. The summed E-state index contributed by atoms with van der Waals surface area (Å²) in [6.45, 7) is 0.604. The van der Waals surface area contributed by atoms with E-state index < -0.39 is 12.0 Å². The molecule has 7 heteroatoms. The number of rotatable bonds is 3. The number of carbonyl (C=O) groups is 1. The van der Waals surface area contributed by atoms with Crippen LogP contribution in [0.4, 0.5) is 0 Å². The van der Waals surface area contributed by atoms with Crippen LogP contribution in [0.1, 0.15) is 23.3 Å². The summed E-state index contributed by atoms with van der Waals surface area (Å²) < 4.78 is 27.6. The molecule has 2 aromatic carbocycles. The van der Waals surface area contributed by atoms with Gasteiger partial charge in [-0.05, 0) is 35.4 Å². The number of hydrogen-bond donors (Lipinski definition) is 1. The lowest BCUT2D eigenvalue weighted by atomic mass is 9.84. The van der Waals surface area contributed by atoms with Crippen molar-refractivity contribution in [2.24, 2.45) is 11.8 Å². The van der Waals surface area contributed by atoms with Crippen LogP contribution in [0.5, 0.6) is 23.0 Å². The molecule has 1 N–H and O–H groups in total. The lowest BCUT2D eigenvalue weighted by molar-refractivity contribution is -0.148. The van der Waals surface area contributed by atoms with Crippen molar-refractivity contribution in [2.75, 3.05) is 20.5 Å². The van der Waals surface area contributed by atoms with Gasteiger partial charge in [0, 0.05) is 5.92 Å². The Hall–Kier alpha value is -2.93. The van der Waals surface area contributed by atoms with Gasteiger partial charge in [-0.1, -0.05) is 12.1 Å². The van der Waals surface area contributed by atoms with Crippen LogP contribution in [0.2, 0.25) is 0 Å². The minimum absolute atomic E-state index is 0.0445. The Morgan fingerprint density at radius 2 is 1.81 bits per heavy atom. The summed E-state index contributed by atoms with van der Waals surface area (Å²) in [5.41, 5.74) is 1.65. The number of phenolic OH excluding ortho intramolecular Hbond substituents is 1. The molecule has 3 aliphatic heterocycles. The number of aromatic hydroxyl groups is 1. The number of esters is 1. The number of hydrogen-bond acceptors (Lipinski definition) is 7. The fraction of sp³-hybridized carbons (Fsp3) is 0.350. The number of carbonyl (C=O) groups excluding carboxylic acids is 1. The van der Waals surface area contributed by atoms with E-state index in [4.69, 9.17) is 23.7 Å². The van der Waals surface area contributed by atoms with Crippen molar-refractivity contribution in [2.45, 2.75) is 12.2 Å². The highest BCUT2D eigenvalue weighted by atomic mass is 16.7. The van der Waals surface area contributed by atoms with Gasteiger partial charge in [0.1, 0.15) is 6.10 Å². The highest BCUT2D eigenvalue weighted by molar-refractivity contribution is 5.77. The second-order valence-corrected chi connectivity index (χ2v) is 6.85. The van der Waals surface area contributed by atoms with Gasteiger partial charge in [-0.2, -0.15) is 0 Å². The Kier molecular flexibility index (Phi) is 3.65. The van der Waals surface area contributed by atoms with Crippen molar-refractivity contribution in [1.82, 2.24) is 0 Å². The molecule has 5 rings (SSSR count). The fourth-order valence-corrected chi connectivity index (χ4v) is 4.09. The largest absolute Gasteiger partial charge is 0.504 e. The quantitative estimate of drug-likeness (QED) is 0.832. The van der Waals surface area contributed by atoms with E-state index in [0.717, 1.165) is 11.1 Å². The number of phenols is 1. The number of benzene rings is 2. The van der Waals surface area contributed by atoms with Gasteiger partial charge in [-0.15, -0.1) is 0 Å². The molecule has 2 saturated heterocycles. The van der Waals surface area contributed by atoms with Crippen LogP contribution < -0.4 is 14.2 Å². The summed E-state index contributed by atoms with van der Waals surface area (Å²) in [5.74, 6) is 0.956. The van der Waals surface area contributed by atoms with Crippen LogP contribution in [0.3, 0.4) is 0 Å².